The summed E-state index contributed by atoms with van der Waals surface area (Å²) in [7, 11) is 0. The lowest BCUT2D eigenvalue weighted by Crippen LogP contribution is -2.65. The zero-order chi connectivity index (χ0) is 21.9. The Bertz CT molecular complexity index is 938. The molecule has 0 radical (unpaired) electrons. The van der Waals surface area contributed by atoms with Crippen LogP contribution in [0.3, 0.4) is 0 Å². The van der Waals surface area contributed by atoms with Gasteiger partial charge in [-0.25, -0.2) is 10.4 Å². The fourth-order valence-corrected chi connectivity index (χ4v) is 5.37. The molecule has 32 heavy (non-hydrogen) atoms. The Balaban J connectivity index is 1.18. The minimum Gasteiger partial charge on any atom is -0.356 e. The van der Waals surface area contributed by atoms with Crippen molar-refractivity contribution in [2.75, 3.05) is 6.54 Å². The SMILES string of the molecule is O=C(NCCCc1ccccc1)C1CCC2C(=O)NC3C(c4ccccc4)NNN3C2C1. The third-order valence-electron chi connectivity index (χ3n) is 7.08. The Morgan fingerprint density at radius 1 is 1.03 bits per heavy atom. The van der Waals surface area contributed by atoms with Crippen LogP contribution < -0.4 is 21.6 Å². The highest BCUT2D eigenvalue weighted by molar-refractivity contribution is 5.83. The Hall–Kier alpha value is -2.74. The largest absolute Gasteiger partial charge is 0.356 e. The highest BCUT2D eigenvalue weighted by Gasteiger charge is 2.51. The Kier molecular flexibility index (Phi) is 6.21. The second-order valence-corrected chi connectivity index (χ2v) is 9.07. The lowest BCUT2D eigenvalue weighted by Gasteiger charge is -2.46. The van der Waals surface area contributed by atoms with Crippen LogP contribution in [0.25, 0.3) is 0 Å². The number of hydrogen-bond donors (Lipinski definition) is 4. The Morgan fingerprint density at radius 2 is 1.78 bits per heavy atom. The molecule has 2 heterocycles. The smallest absolute Gasteiger partial charge is 0.226 e. The number of fused-ring (bicyclic) bond motifs is 3. The third-order valence-corrected chi connectivity index (χ3v) is 7.08. The molecule has 7 nitrogen and oxygen atoms in total. The number of amides is 2. The molecule has 5 atom stereocenters. The fourth-order valence-electron chi connectivity index (χ4n) is 5.37. The zero-order valence-corrected chi connectivity index (χ0v) is 18.2. The van der Waals surface area contributed by atoms with E-state index in [-0.39, 0.29) is 41.9 Å². The normalized spacial score (nSPS) is 29.6. The van der Waals surface area contributed by atoms with E-state index in [0.717, 1.165) is 31.2 Å². The van der Waals surface area contributed by atoms with E-state index in [1.54, 1.807) is 0 Å². The molecule has 2 aliphatic heterocycles. The molecule has 1 saturated carbocycles. The number of benzene rings is 2. The van der Waals surface area contributed by atoms with Crippen LogP contribution >= 0.6 is 0 Å². The first-order chi connectivity index (χ1) is 15.7. The highest BCUT2D eigenvalue weighted by atomic mass is 16.2. The number of rotatable bonds is 6. The van der Waals surface area contributed by atoms with Crippen molar-refractivity contribution >= 4 is 11.8 Å². The molecule has 1 aliphatic carbocycles. The lowest BCUT2D eigenvalue weighted by atomic mass is 9.75. The first-order valence-electron chi connectivity index (χ1n) is 11.7. The van der Waals surface area contributed by atoms with Gasteiger partial charge in [0, 0.05) is 18.5 Å². The summed E-state index contributed by atoms with van der Waals surface area (Å²) in [4.78, 5) is 25.8. The molecule has 2 aromatic rings. The molecule has 5 unspecified atom stereocenters. The van der Waals surface area contributed by atoms with E-state index in [2.05, 4.69) is 50.9 Å². The molecule has 3 fully saturated rings. The topological polar surface area (TPSA) is 85.5 Å². The van der Waals surface area contributed by atoms with Crippen LogP contribution in [0.1, 0.15) is 42.9 Å². The van der Waals surface area contributed by atoms with E-state index >= 15 is 0 Å². The summed E-state index contributed by atoms with van der Waals surface area (Å²) in [6.07, 6.45) is 3.90. The van der Waals surface area contributed by atoms with Crippen LogP contribution in [0.5, 0.6) is 0 Å². The zero-order valence-electron chi connectivity index (χ0n) is 18.2. The number of aryl methyl sites for hydroxylation is 1. The predicted molar refractivity (Wildman–Crippen MR) is 122 cm³/mol. The number of nitrogens with zero attached hydrogens (tertiary/aromatic N) is 1. The van der Waals surface area contributed by atoms with Crippen molar-refractivity contribution in [1.82, 2.24) is 26.6 Å². The minimum atomic E-state index is -0.168. The van der Waals surface area contributed by atoms with Crippen molar-refractivity contribution < 1.29 is 9.59 Å². The summed E-state index contributed by atoms with van der Waals surface area (Å²) in [5.41, 5.74) is 9.04. The van der Waals surface area contributed by atoms with Crippen molar-refractivity contribution in [2.24, 2.45) is 11.8 Å². The van der Waals surface area contributed by atoms with E-state index < -0.39 is 0 Å². The molecular formula is C25H31N5O2. The second-order valence-electron chi connectivity index (χ2n) is 9.07. The molecule has 168 valence electrons. The van der Waals surface area contributed by atoms with Crippen LogP contribution in [0.2, 0.25) is 0 Å². The van der Waals surface area contributed by atoms with Gasteiger partial charge < -0.3 is 10.6 Å². The molecule has 4 N–H and O–H groups in total. The summed E-state index contributed by atoms with van der Waals surface area (Å²) in [5, 5.41) is 8.44. The van der Waals surface area contributed by atoms with Crippen molar-refractivity contribution in [3.63, 3.8) is 0 Å². The van der Waals surface area contributed by atoms with Gasteiger partial charge in [-0.2, -0.15) is 5.53 Å². The molecule has 2 saturated heterocycles. The molecule has 0 aromatic heterocycles. The van der Waals surface area contributed by atoms with Crippen LogP contribution in [0, 0.1) is 11.8 Å². The van der Waals surface area contributed by atoms with Crippen molar-refractivity contribution in [1.29, 1.82) is 0 Å². The van der Waals surface area contributed by atoms with E-state index in [9.17, 15) is 9.59 Å². The number of hydrazine groups is 2. The van der Waals surface area contributed by atoms with Gasteiger partial charge in [-0.1, -0.05) is 60.7 Å². The first-order valence-corrected chi connectivity index (χ1v) is 11.7. The molecule has 0 bridgehead atoms. The Labute approximate surface area is 188 Å². The van der Waals surface area contributed by atoms with Gasteiger partial charge in [0.05, 0.1) is 12.0 Å². The van der Waals surface area contributed by atoms with Gasteiger partial charge in [-0.15, -0.1) is 0 Å². The average molecular weight is 434 g/mol. The van der Waals surface area contributed by atoms with Crippen LogP contribution in [0.15, 0.2) is 60.7 Å². The molecule has 7 heteroatoms. The molecule has 3 aliphatic rings. The quantitative estimate of drug-likeness (QED) is 0.524. The van der Waals surface area contributed by atoms with Gasteiger partial charge in [0.25, 0.3) is 0 Å². The Morgan fingerprint density at radius 3 is 2.56 bits per heavy atom. The number of nitrogens with one attached hydrogen (secondary N) is 4. The van der Waals surface area contributed by atoms with Gasteiger partial charge in [0.15, 0.2) is 0 Å². The lowest BCUT2D eigenvalue weighted by molar-refractivity contribution is -0.143. The monoisotopic (exact) mass is 433 g/mol. The van der Waals surface area contributed by atoms with Crippen molar-refractivity contribution in [2.45, 2.75) is 50.4 Å². The van der Waals surface area contributed by atoms with E-state index in [0.29, 0.717) is 13.0 Å². The van der Waals surface area contributed by atoms with Crippen LogP contribution in [0.4, 0.5) is 0 Å². The third kappa shape index (κ3) is 4.28. The van der Waals surface area contributed by atoms with E-state index in [4.69, 9.17) is 0 Å². The summed E-state index contributed by atoms with van der Waals surface area (Å²) < 4.78 is 0. The minimum absolute atomic E-state index is 0.00350. The van der Waals surface area contributed by atoms with Gasteiger partial charge in [0.1, 0.15) is 6.17 Å². The summed E-state index contributed by atoms with van der Waals surface area (Å²) in [5.74, 6) is 0.0736. The maximum atomic E-state index is 12.9. The number of hydrogen-bond acceptors (Lipinski definition) is 5. The average Bonchev–Trinajstić information content (AvgIpc) is 3.26. The van der Waals surface area contributed by atoms with Crippen molar-refractivity contribution in [3.05, 3.63) is 71.8 Å². The van der Waals surface area contributed by atoms with Crippen LogP contribution in [-0.4, -0.2) is 35.6 Å². The molecule has 2 amide bonds. The van der Waals surface area contributed by atoms with Gasteiger partial charge in [-0.05, 0) is 43.2 Å². The summed E-state index contributed by atoms with van der Waals surface area (Å²) in [6.45, 7) is 0.682. The van der Waals surface area contributed by atoms with Gasteiger partial charge in [0.2, 0.25) is 11.8 Å². The maximum Gasteiger partial charge on any atom is 0.226 e. The second kappa shape index (κ2) is 9.40. The van der Waals surface area contributed by atoms with E-state index in [1.165, 1.54) is 5.56 Å². The first kappa shape index (κ1) is 21.1. The van der Waals surface area contributed by atoms with Gasteiger partial charge in [-0.3, -0.25) is 9.59 Å². The summed E-state index contributed by atoms with van der Waals surface area (Å²) >= 11 is 0. The molecule has 5 rings (SSSR count). The maximum absolute atomic E-state index is 12.9. The standard InChI is InChI=1S/C25H31N5O2/c31-24(26-15-7-10-17-8-3-1-4-9-17)19-13-14-20-21(16-19)30-23(27-25(20)32)22(28-29-30)18-11-5-2-6-12-18/h1-6,8-9,11-12,19-23,28-29H,7,10,13-16H2,(H,26,31)(H,27,32). The van der Waals surface area contributed by atoms with E-state index in [1.807, 2.05) is 36.4 Å². The number of carbonyl (C=O) groups excluding carboxylic acids is 2. The molecular weight excluding hydrogens is 402 g/mol. The predicted octanol–water partition coefficient (Wildman–Crippen LogP) is 2.04. The number of carbonyl (C=O) groups is 2. The van der Waals surface area contributed by atoms with Crippen LogP contribution in [-0.2, 0) is 16.0 Å². The highest BCUT2D eigenvalue weighted by Crippen LogP contribution is 2.38. The fraction of sp³-hybridized carbons (Fsp3) is 0.440. The van der Waals surface area contributed by atoms with Crippen molar-refractivity contribution in [3.8, 4) is 0 Å². The molecule has 0 spiro atoms. The summed E-state index contributed by atoms with van der Waals surface area (Å²) in [6, 6.07) is 20.4. The van der Waals surface area contributed by atoms with Gasteiger partial charge >= 0.3 is 0 Å². The molecule has 2 aromatic carbocycles.